The number of aryl methyl sites for hydroxylation is 2. The average molecular weight is 508 g/mol. The van der Waals surface area contributed by atoms with E-state index in [0.717, 1.165) is 28.2 Å². The fourth-order valence-corrected chi connectivity index (χ4v) is 5.01. The summed E-state index contributed by atoms with van der Waals surface area (Å²) in [5.74, 6) is -0.0926. The molecular formula is C25H25N5O5S. The highest BCUT2D eigenvalue weighted by Gasteiger charge is 2.31. The van der Waals surface area contributed by atoms with Crippen LogP contribution in [0.25, 0.3) is 0 Å². The number of anilines is 2. The molecule has 2 aromatic carbocycles. The summed E-state index contributed by atoms with van der Waals surface area (Å²) in [4.78, 5) is 40.3. The number of nitrogens with zero attached hydrogens (tertiary/aromatic N) is 3. The van der Waals surface area contributed by atoms with Gasteiger partial charge >= 0.3 is 0 Å². The number of nitrogens with one attached hydrogen (secondary N) is 2. The summed E-state index contributed by atoms with van der Waals surface area (Å²) < 4.78 is 10.6. The first-order valence-corrected chi connectivity index (χ1v) is 12.4. The van der Waals surface area contributed by atoms with Crippen LogP contribution in [0, 0.1) is 19.8 Å². The third-order valence-electron chi connectivity index (χ3n) is 6.24. The van der Waals surface area contributed by atoms with Crippen LogP contribution >= 0.6 is 11.3 Å². The summed E-state index contributed by atoms with van der Waals surface area (Å²) in [5.41, 5.74) is 3.31. The molecule has 1 aromatic heterocycles. The lowest BCUT2D eigenvalue weighted by molar-refractivity contribution is -0.121. The summed E-state index contributed by atoms with van der Waals surface area (Å²) in [6.07, 6.45) is 1.40. The first-order chi connectivity index (χ1) is 17.4. The van der Waals surface area contributed by atoms with E-state index in [9.17, 15) is 14.4 Å². The standard InChI is InChI=1S/C25H25N5O5S/c1-14-5-3-6-15(2)20(14)27-21(31)16-7-4-10-30(12-16)25(33)24-29-28-23(36-24)22(32)26-17-8-9-18-19(11-17)35-13-34-18/h3,5-6,8-9,11,16H,4,7,10,12-13H2,1-2H3,(H,26,32)(H,27,31)/t16-/m0/s1. The first kappa shape index (κ1) is 23.7. The van der Waals surface area contributed by atoms with Crippen molar-refractivity contribution in [2.45, 2.75) is 26.7 Å². The van der Waals surface area contributed by atoms with Gasteiger partial charge in [-0.2, -0.15) is 0 Å². The predicted octanol–water partition coefficient (Wildman–Crippen LogP) is 3.63. The van der Waals surface area contributed by atoms with Crippen LogP contribution in [0.5, 0.6) is 11.5 Å². The Morgan fingerprint density at radius 2 is 1.75 bits per heavy atom. The van der Waals surface area contributed by atoms with Crippen LogP contribution in [0.2, 0.25) is 0 Å². The minimum Gasteiger partial charge on any atom is -0.454 e. The summed E-state index contributed by atoms with van der Waals surface area (Å²) in [6.45, 7) is 4.85. The lowest BCUT2D eigenvalue weighted by atomic mass is 9.96. The summed E-state index contributed by atoms with van der Waals surface area (Å²) in [7, 11) is 0. The topological polar surface area (TPSA) is 123 Å². The van der Waals surface area contributed by atoms with E-state index < -0.39 is 5.91 Å². The predicted molar refractivity (Wildman–Crippen MR) is 134 cm³/mol. The van der Waals surface area contributed by atoms with Gasteiger partial charge in [0.2, 0.25) is 22.7 Å². The molecule has 3 heterocycles. The van der Waals surface area contributed by atoms with E-state index in [4.69, 9.17) is 9.47 Å². The monoisotopic (exact) mass is 507 g/mol. The molecule has 0 saturated carbocycles. The van der Waals surface area contributed by atoms with Crippen molar-refractivity contribution in [2.24, 2.45) is 5.92 Å². The van der Waals surface area contributed by atoms with Gasteiger partial charge in [-0.3, -0.25) is 14.4 Å². The van der Waals surface area contributed by atoms with E-state index in [1.165, 1.54) is 0 Å². The lowest BCUT2D eigenvalue weighted by Crippen LogP contribution is -2.43. The highest BCUT2D eigenvalue weighted by atomic mass is 32.1. The summed E-state index contributed by atoms with van der Waals surface area (Å²) >= 11 is 0.922. The Balaban J connectivity index is 1.22. The number of ether oxygens (including phenoxy) is 2. The normalized spacial score (nSPS) is 16.5. The molecule has 0 unspecified atom stereocenters. The van der Waals surface area contributed by atoms with E-state index in [-0.39, 0.29) is 41.1 Å². The van der Waals surface area contributed by atoms with E-state index in [1.54, 1.807) is 23.1 Å². The largest absolute Gasteiger partial charge is 0.454 e. The Morgan fingerprint density at radius 3 is 2.56 bits per heavy atom. The minimum absolute atomic E-state index is 0.0670. The van der Waals surface area contributed by atoms with Gasteiger partial charge in [-0.05, 0) is 49.9 Å². The van der Waals surface area contributed by atoms with Crippen molar-refractivity contribution < 1.29 is 23.9 Å². The fraction of sp³-hybridized carbons (Fsp3) is 0.320. The molecule has 2 aliphatic rings. The number of piperidine rings is 1. The van der Waals surface area contributed by atoms with Crippen molar-refractivity contribution in [2.75, 3.05) is 30.5 Å². The molecule has 1 atom stereocenters. The Labute approximate surface area is 211 Å². The van der Waals surface area contributed by atoms with Crippen molar-refractivity contribution in [1.29, 1.82) is 0 Å². The van der Waals surface area contributed by atoms with Crippen LogP contribution in [0.4, 0.5) is 11.4 Å². The minimum atomic E-state index is -0.477. The average Bonchev–Trinajstić information content (AvgIpc) is 3.56. The number of hydrogen-bond acceptors (Lipinski definition) is 8. The van der Waals surface area contributed by atoms with Gasteiger partial charge in [0.15, 0.2) is 11.5 Å². The van der Waals surface area contributed by atoms with Crippen LogP contribution in [-0.4, -0.2) is 52.7 Å². The number of para-hydroxylation sites is 1. The second-order valence-corrected chi connectivity index (χ2v) is 9.76. The molecule has 3 amide bonds. The van der Waals surface area contributed by atoms with Crippen molar-refractivity contribution in [3.63, 3.8) is 0 Å². The number of carbonyl (C=O) groups excluding carboxylic acids is 3. The molecule has 0 radical (unpaired) electrons. The van der Waals surface area contributed by atoms with Crippen LogP contribution < -0.4 is 20.1 Å². The van der Waals surface area contributed by atoms with Crippen molar-refractivity contribution in [1.82, 2.24) is 15.1 Å². The van der Waals surface area contributed by atoms with E-state index >= 15 is 0 Å². The zero-order valence-corrected chi connectivity index (χ0v) is 20.7. The molecule has 3 aromatic rings. The maximum atomic E-state index is 13.1. The van der Waals surface area contributed by atoms with Crippen LogP contribution in [-0.2, 0) is 4.79 Å². The van der Waals surface area contributed by atoms with Crippen LogP contribution in [0.15, 0.2) is 36.4 Å². The van der Waals surface area contributed by atoms with Gasteiger partial charge in [0, 0.05) is 30.5 Å². The highest BCUT2D eigenvalue weighted by Crippen LogP contribution is 2.34. The maximum Gasteiger partial charge on any atom is 0.286 e. The van der Waals surface area contributed by atoms with Crippen molar-refractivity contribution >= 4 is 40.4 Å². The van der Waals surface area contributed by atoms with E-state index in [2.05, 4.69) is 20.8 Å². The molecule has 2 aliphatic heterocycles. The highest BCUT2D eigenvalue weighted by molar-refractivity contribution is 7.15. The summed E-state index contributed by atoms with van der Waals surface area (Å²) in [6, 6.07) is 10.9. The van der Waals surface area contributed by atoms with Crippen molar-refractivity contribution in [3.05, 3.63) is 57.5 Å². The van der Waals surface area contributed by atoms with Gasteiger partial charge in [0.1, 0.15) is 0 Å². The van der Waals surface area contributed by atoms with Crippen molar-refractivity contribution in [3.8, 4) is 11.5 Å². The molecule has 186 valence electrons. The molecule has 5 rings (SSSR count). The number of benzene rings is 2. The molecular weight excluding hydrogens is 482 g/mol. The number of rotatable bonds is 5. The van der Waals surface area contributed by atoms with Gasteiger partial charge < -0.3 is 25.0 Å². The van der Waals surface area contributed by atoms with Crippen LogP contribution in [0.1, 0.15) is 43.6 Å². The zero-order valence-electron chi connectivity index (χ0n) is 19.9. The molecule has 10 nitrogen and oxygen atoms in total. The Hall–Kier alpha value is -3.99. The number of carbonyl (C=O) groups is 3. The Bertz CT molecular complexity index is 1320. The van der Waals surface area contributed by atoms with Crippen LogP contribution in [0.3, 0.4) is 0 Å². The Morgan fingerprint density at radius 1 is 1.00 bits per heavy atom. The third kappa shape index (κ3) is 4.87. The van der Waals surface area contributed by atoms with E-state index in [0.29, 0.717) is 36.6 Å². The third-order valence-corrected chi connectivity index (χ3v) is 7.15. The fourth-order valence-electron chi connectivity index (χ4n) is 4.31. The molecule has 0 aliphatic carbocycles. The number of aromatic nitrogens is 2. The molecule has 11 heteroatoms. The molecule has 0 spiro atoms. The number of fused-ring (bicyclic) bond motifs is 1. The SMILES string of the molecule is Cc1cccc(C)c1NC(=O)[C@H]1CCCN(C(=O)c2nnc(C(=O)Nc3ccc4c(c3)OCO4)s2)C1. The molecule has 0 bridgehead atoms. The molecule has 36 heavy (non-hydrogen) atoms. The summed E-state index contributed by atoms with van der Waals surface area (Å²) in [5, 5.41) is 13.8. The molecule has 1 saturated heterocycles. The van der Waals surface area contributed by atoms with Gasteiger partial charge in [-0.1, -0.05) is 29.5 Å². The number of amides is 3. The van der Waals surface area contributed by atoms with Gasteiger partial charge in [-0.25, -0.2) is 0 Å². The zero-order chi connectivity index (χ0) is 25.2. The first-order valence-electron chi connectivity index (χ1n) is 11.6. The second-order valence-electron chi connectivity index (χ2n) is 8.78. The Kier molecular flexibility index (Phi) is 6.55. The smallest absolute Gasteiger partial charge is 0.286 e. The quantitative estimate of drug-likeness (QED) is 0.541. The van der Waals surface area contributed by atoms with Gasteiger partial charge in [-0.15, -0.1) is 10.2 Å². The lowest BCUT2D eigenvalue weighted by Gasteiger charge is -2.31. The maximum absolute atomic E-state index is 13.1. The number of hydrogen-bond donors (Lipinski definition) is 2. The second kappa shape index (κ2) is 9.94. The molecule has 2 N–H and O–H groups in total. The number of likely N-dealkylation sites (tertiary alicyclic amines) is 1. The molecule has 1 fully saturated rings. The van der Waals surface area contributed by atoms with E-state index in [1.807, 2.05) is 32.0 Å². The van der Waals surface area contributed by atoms with Gasteiger partial charge in [0.25, 0.3) is 11.8 Å². The van der Waals surface area contributed by atoms with Gasteiger partial charge in [0.05, 0.1) is 5.92 Å².